The second-order valence-corrected chi connectivity index (χ2v) is 6.61. The highest BCUT2D eigenvalue weighted by Gasteiger charge is 2.17. The van der Waals surface area contributed by atoms with Crippen molar-refractivity contribution in [1.82, 2.24) is 14.9 Å². The molecule has 1 heterocycles. The Balaban J connectivity index is 1.87. The predicted molar refractivity (Wildman–Crippen MR) is 109 cm³/mol. The van der Waals surface area contributed by atoms with Crippen LogP contribution < -0.4 is 9.47 Å². The van der Waals surface area contributed by atoms with E-state index in [0.717, 1.165) is 28.0 Å². The van der Waals surface area contributed by atoms with E-state index >= 15 is 0 Å². The standard InChI is InChI=1S/C22H25N3O3/c1-6-25(13-16-7-10-20(27-4)21(11-16)28-5)22(26)17-8-9-18-19(12-17)24-15(3)14(2)23-18/h7-12H,6,13H2,1-5H3. The Labute approximate surface area is 165 Å². The SMILES string of the molecule is CCN(Cc1ccc(OC)c(OC)c1)C(=O)c1ccc2nc(C)c(C)nc2c1. The zero-order valence-electron chi connectivity index (χ0n) is 16.9. The summed E-state index contributed by atoms with van der Waals surface area (Å²) in [5.74, 6) is 1.27. The van der Waals surface area contributed by atoms with Crippen molar-refractivity contribution in [3.8, 4) is 11.5 Å². The topological polar surface area (TPSA) is 64.6 Å². The van der Waals surface area contributed by atoms with Crippen molar-refractivity contribution in [2.24, 2.45) is 0 Å². The second kappa shape index (κ2) is 8.25. The minimum atomic E-state index is -0.0424. The van der Waals surface area contributed by atoms with Crippen molar-refractivity contribution >= 4 is 16.9 Å². The van der Waals surface area contributed by atoms with Crippen molar-refractivity contribution < 1.29 is 14.3 Å². The van der Waals surface area contributed by atoms with Gasteiger partial charge in [0.05, 0.1) is 36.6 Å². The highest BCUT2D eigenvalue weighted by atomic mass is 16.5. The molecule has 6 nitrogen and oxygen atoms in total. The molecule has 0 spiro atoms. The monoisotopic (exact) mass is 379 g/mol. The molecule has 0 atom stereocenters. The minimum Gasteiger partial charge on any atom is -0.493 e. The lowest BCUT2D eigenvalue weighted by molar-refractivity contribution is 0.0752. The predicted octanol–water partition coefficient (Wildman–Crippen LogP) is 3.93. The van der Waals surface area contributed by atoms with Gasteiger partial charge in [0.15, 0.2) is 11.5 Å². The fraction of sp³-hybridized carbons (Fsp3) is 0.318. The highest BCUT2D eigenvalue weighted by Crippen LogP contribution is 2.28. The number of rotatable bonds is 6. The summed E-state index contributed by atoms with van der Waals surface area (Å²) in [6.07, 6.45) is 0. The lowest BCUT2D eigenvalue weighted by atomic mass is 10.1. The van der Waals surface area contributed by atoms with Crippen LogP contribution in [0, 0.1) is 13.8 Å². The summed E-state index contributed by atoms with van der Waals surface area (Å²) in [6, 6.07) is 11.2. The number of aryl methyl sites for hydroxylation is 2. The Hall–Kier alpha value is -3.15. The van der Waals surface area contributed by atoms with E-state index < -0.39 is 0 Å². The van der Waals surface area contributed by atoms with Crippen molar-refractivity contribution in [3.63, 3.8) is 0 Å². The Morgan fingerprint density at radius 1 is 0.929 bits per heavy atom. The molecule has 0 unspecified atom stereocenters. The van der Waals surface area contributed by atoms with E-state index in [9.17, 15) is 4.79 Å². The molecule has 0 aliphatic heterocycles. The Morgan fingerprint density at radius 2 is 1.61 bits per heavy atom. The van der Waals surface area contributed by atoms with Gasteiger partial charge < -0.3 is 14.4 Å². The van der Waals surface area contributed by atoms with Crippen LogP contribution in [0.5, 0.6) is 11.5 Å². The molecule has 0 bridgehead atoms. The van der Waals surface area contributed by atoms with Crippen LogP contribution in [0.25, 0.3) is 11.0 Å². The first-order valence-electron chi connectivity index (χ1n) is 9.22. The van der Waals surface area contributed by atoms with Crippen LogP contribution in [0.1, 0.15) is 34.2 Å². The maximum atomic E-state index is 13.1. The number of carbonyl (C=O) groups excluding carboxylic acids is 1. The van der Waals surface area contributed by atoms with Crippen molar-refractivity contribution in [1.29, 1.82) is 0 Å². The molecule has 146 valence electrons. The van der Waals surface area contributed by atoms with Crippen LogP contribution in [-0.2, 0) is 6.54 Å². The van der Waals surface area contributed by atoms with Gasteiger partial charge in [0.1, 0.15) is 0 Å². The fourth-order valence-electron chi connectivity index (χ4n) is 3.07. The minimum absolute atomic E-state index is 0.0424. The number of methoxy groups -OCH3 is 2. The number of benzene rings is 2. The molecular weight excluding hydrogens is 354 g/mol. The summed E-state index contributed by atoms with van der Waals surface area (Å²) < 4.78 is 10.6. The van der Waals surface area contributed by atoms with Crippen molar-refractivity contribution in [3.05, 3.63) is 58.9 Å². The van der Waals surface area contributed by atoms with Crippen LogP contribution in [0.2, 0.25) is 0 Å². The van der Waals surface area contributed by atoms with E-state index in [1.54, 1.807) is 19.1 Å². The van der Waals surface area contributed by atoms with E-state index in [1.165, 1.54) is 0 Å². The molecule has 0 aliphatic rings. The molecule has 3 aromatic rings. The molecule has 6 heteroatoms. The molecule has 2 aromatic carbocycles. The number of hydrogen-bond acceptors (Lipinski definition) is 5. The van der Waals surface area contributed by atoms with Gasteiger partial charge in [0.25, 0.3) is 5.91 Å². The first-order valence-corrected chi connectivity index (χ1v) is 9.22. The van der Waals surface area contributed by atoms with Gasteiger partial charge in [-0.15, -0.1) is 0 Å². The van der Waals surface area contributed by atoms with E-state index in [1.807, 2.05) is 57.2 Å². The average Bonchev–Trinajstić information content (AvgIpc) is 2.71. The van der Waals surface area contributed by atoms with Gasteiger partial charge in [-0.2, -0.15) is 0 Å². The molecule has 0 N–H and O–H groups in total. The third kappa shape index (κ3) is 3.91. The molecular formula is C22H25N3O3. The zero-order chi connectivity index (χ0) is 20.3. The number of carbonyl (C=O) groups is 1. The summed E-state index contributed by atoms with van der Waals surface area (Å²) in [6.45, 7) is 6.89. The van der Waals surface area contributed by atoms with E-state index in [-0.39, 0.29) is 5.91 Å². The molecule has 1 amide bonds. The molecule has 0 radical (unpaired) electrons. The normalized spacial score (nSPS) is 10.8. The molecule has 0 saturated heterocycles. The lowest BCUT2D eigenvalue weighted by Gasteiger charge is -2.22. The smallest absolute Gasteiger partial charge is 0.254 e. The van der Waals surface area contributed by atoms with Crippen LogP contribution in [0.15, 0.2) is 36.4 Å². The summed E-state index contributed by atoms with van der Waals surface area (Å²) >= 11 is 0. The molecule has 0 saturated carbocycles. The van der Waals surface area contributed by atoms with Crippen LogP contribution >= 0.6 is 0 Å². The number of amides is 1. The zero-order valence-corrected chi connectivity index (χ0v) is 16.9. The van der Waals surface area contributed by atoms with E-state index in [0.29, 0.717) is 30.2 Å². The molecule has 1 aromatic heterocycles. The summed E-state index contributed by atoms with van der Waals surface area (Å²) in [5, 5.41) is 0. The number of nitrogens with zero attached hydrogens (tertiary/aromatic N) is 3. The summed E-state index contributed by atoms with van der Waals surface area (Å²) in [7, 11) is 3.20. The Kier molecular flexibility index (Phi) is 5.78. The van der Waals surface area contributed by atoms with Gasteiger partial charge >= 0.3 is 0 Å². The third-order valence-electron chi connectivity index (χ3n) is 4.81. The van der Waals surface area contributed by atoms with Crippen LogP contribution in [-0.4, -0.2) is 41.5 Å². The van der Waals surface area contributed by atoms with Crippen molar-refractivity contribution in [2.45, 2.75) is 27.3 Å². The van der Waals surface area contributed by atoms with E-state index in [4.69, 9.17) is 9.47 Å². The second-order valence-electron chi connectivity index (χ2n) is 6.61. The molecule has 3 rings (SSSR count). The number of hydrogen-bond donors (Lipinski definition) is 0. The van der Waals surface area contributed by atoms with Gasteiger partial charge in [-0.05, 0) is 56.7 Å². The summed E-state index contributed by atoms with van der Waals surface area (Å²) in [4.78, 5) is 24.0. The summed E-state index contributed by atoms with van der Waals surface area (Å²) in [5.41, 5.74) is 4.87. The Morgan fingerprint density at radius 3 is 2.25 bits per heavy atom. The molecule has 0 aliphatic carbocycles. The van der Waals surface area contributed by atoms with Gasteiger partial charge in [-0.3, -0.25) is 4.79 Å². The molecule has 28 heavy (non-hydrogen) atoms. The van der Waals surface area contributed by atoms with Gasteiger partial charge in [-0.25, -0.2) is 9.97 Å². The third-order valence-corrected chi connectivity index (χ3v) is 4.81. The average molecular weight is 379 g/mol. The van der Waals surface area contributed by atoms with E-state index in [2.05, 4.69) is 9.97 Å². The maximum Gasteiger partial charge on any atom is 0.254 e. The van der Waals surface area contributed by atoms with Crippen LogP contribution in [0.3, 0.4) is 0 Å². The first-order chi connectivity index (χ1) is 13.5. The van der Waals surface area contributed by atoms with Crippen molar-refractivity contribution in [2.75, 3.05) is 20.8 Å². The maximum absolute atomic E-state index is 13.1. The van der Waals surface area contributed by atoms with Gasteiger partial charge in [-0.1, -0.05) is 6.07 Å². The lowest BCUT2D eigenvalue weighted by Crippen LogP contribution is -2.30. The Bertz CT molecular complexity index is 1020. The highest BCUT2D eigenvalue weighted by molar-refractivity contribution is 5.97. The number of ether oxygens (including phenoxy) is 2. The first kappa shape index (κ1) is 19.6. The number of aromatic nitrogens is 2. The van der Waals surface area contributed by atoms with Crippen LogP contribution in [0.4, 0.5) is 0 Å². The molecule has 0 fully saturated rings. The quantitative estimate of drug-likeness (QED) is 0.649. The van der Waals surface area contributed by atoms with Gasteiger partial charge in [0.2, 0.25) is 0 Å². The fourth-order valence-corrected chi connectivity index (χ4v) is 3.07. The largest absolute Gasteiger partial charge is 0.493 e. The van der Waals surface area contributed by atoms with Gasteiger partial charge in [0, 0.05) is 18.7 Å². The number of fused-ring (bicyclic) bond motifs is 1.